The smallest absolute Gasteiger partial charge is 0.300 e. The first-order valence-corrected chi connectivity index (χ1v) is 12.2. The fourth-order valence-electron chi connectivity index (χ4n) is 4.51. The average molecular weight is 542 g/mol. The number of aliphatic hydroxyl groups is 1. The molecule has 7 nitrogen and oxygen atoms in total. The van der Waals surface area contributed by atoms with E-state index in [1.165, 1.54) is 18.1 Å². The van der Waals surface area contributed by atoms with Crippen LogP contribution in [0.2, 0.25) is 10.0 Å². The van der Waals surface area contributed by atoms with Gasteiger partial charge in [-0.2, -0.15) is 0 Å². The maximum atomic E-state index is 13.5. The number of aryl methyl sites for hydroxylation is 2. The van der Waals surface area contributed by atoms with Crippen LogP contribution in [0.25, 0.3) is 5.76 Å². The molecule has 1 heterocycles. The lowest BCUT2D eigenvalue weighted by Crippen LogP contribution is -2.30. The number of amides is 1. The first kappa shape index (κ1) is 26.4. The molecular formula is C28H25Cl2NO6. The van der Waals surface area contributed by atoms with E-state index in [1.54, 1.807) is 63.2 Å². The number of carbonyl (C=O) groups excluding carboxylic acids is 2. The summed E-state index contributed by atoms with van der Waals surface area (Å²) in [6.07, 6.45) is 0. The molecule has 2 N–H and O–H groups in total. The maximum Gasteiger partial charge on any atom is 0.300 e. The molecule has 0 aromatic heterocycles. The summed E-state index contributed by atoms with van der Waals surface area (Å²) in [5.41, 5.74) is 2.26. The quantitative estimate of drug-likeness (QED) is 0.214. The highest BCUT2D eigenvalue weighted by Gasteiger charge is 2.48. The maximum absolute atomic E-state index is 13.5. The van der Waals surface area contributed by atoms with Crippen LogP contribution in [0.15, 0.2) is 54.1 Å². The van der Waals surface area contributed by atoms with Gasteiger partial charge in [0.2, 0.25) is 0 Å². The molecule has 3 aromatic rings. The number of aliphatic hydroxyl groups excluding tert-OH is 1. The van der Waals surface area contributed by atoms with Gasteiger partial charge in [0.25, 0.3) is 11.7 Å². The molecule has 0 spiro atoms. The van der Waals surface area contributed by atoms with E-state index in [0.29, 0.717) is 21.8 Å². The zero-order chi connectivity index (χ0) is 27.0. The molecule has 1 amide bonds. The van der Waals surface area contributed by atoms with Crippen LogP contribution in [-0.4, -0.2) is 35.6 Å². The van der Waals surface area contributed by atoms with Crippen molar-refractivity contribution in [2.45, 2.75) is 26.8 Å². The van der Waals surface area contributed by atoms with Gasteiger partial charge in [0.1, 0.15) is 11.5 Å². The number of rotatable bonds is 6. The standard InChI is InChI=1S/C28H25Cl2NO6/c1-5-37-22-13-16(6-9-21(22)32)24-23(25(33)18-10-14(2)11-19(30)27(18)36-4)26(34)28(35)31(24)20-8-7-17(29)12-15(20)3/h6-13,24,32-33H,5H2,1-4H3/b25-23+. The summed E-state index contributed by atoms with van der Waals surface area (Å²) in [4.78, 5) is 28.3. The van der Waals surface area contributed by atoms with Crippen molar-refractivity contribution in [1.29, 1.82) is 0 Å². The Labute approximate surface area is 224 Å². The van der Waals surface area contributed by atoms with Gasteiger partial charge in [0, 0.05) is 10.7 Å². The number of phenols is 1. The van der Waals surface area contributed by atoms with Crippen LogP contribution in [0.1, 0.15) is 35.2 Å². The summed E-state index contributed by atoms with van der Waals surface area (Å²) in [6, 6.07) is 11.7. The van der Waals surface area contributed by atoms with Gasteiger partial charge in [-0.1, -0.05) is 29.3 Å². The Kier molecular flexibility index (Phi) is 7.39. The van der Waals surface area contributed by atoms with E-state index >= 15 is 0 Å². The third-order valence-corrected chi connectivity index (χ3v) is 6.63. The molecule has 192 valence electrons. The monoisotopic (exact) mass is 541 g/mol. The molecular weight excluding hydrogens is 517 g/mol. The molecule has 1 atom stereocenters. The summed E-state index contributed by atoms with van der Waals surface area (Å²) >= 11 is 12.5. The molecule has 1 aliphatic rings. The fraction of sp³-hybridized carbons (Fsp3) is 0.214. The van der Waals surface area contributed by atoms with Gasteiger partial charge in [0.15, 0.2) is 11.5 Å². The van der Waals surface area contributed by atoms with Crippen LogP contribution in [-0.2, 0) is 9.59 Å². The fourth-order valence-corrected chi connectivity index (χ4v) is 5.09. The number of aromatic hydroxyl groups is 1. The number of Topliss-reactive ketones (excluding diaryl/α,β-unsaturated/α-hetero) is 1. The molecule has 1 saturated heterocycles. The number of ether oxygens (including phenoxy) is 2. The summed E-state index contributed by atoms with van der Waals surface area (Å²) in [6.45, 7) is 5.60. The van der Waals surface area contributed by atoms with Crippen molar-refractivity contribution in [3.05, 3.63) is 86.4 Å². The Morgan fingerprint density at radius 3 is 2.43 bits per heavy atom. The molecule has 1 unspecified atom stereocenters. The van der Waals surface area contributed by atoms with Crippen LogP contribution in [0, 0.1) is 13.8 Å². The number of ketones is 1. The van der Waals surface area contributed by atoms with Crippen LogP contribution in [0.5, 0.6) is 17.2 Å². The zero-order valence-corrected chi connectivity index (χ0v) is 22.1. The van der Waals surface area contributed by atoms with Gasteiger partial charge in [-0.3, -0.25) is 14.5 Å². The highest BCUT2D eigenvalue weighted by Crippen LogP contribution is 2.46. The topological polar surface area (TPSA) is 96.3 Å². The highest BCUT2D eigenvalue weighted by atomic mass is 35.5. The molecule has 0 saturated carbocycles. The van der Waals surface area contributed by atoms with Gasteiger partial charge in [-0.25, -0.2) is 0 Å². The van der Waals surface area contributed by atoms with Crippen molar-refractivity contribution < 1.29 is 29.3 Å². The largest absolute Gasteiger partial charge is 0.507 e. The van der Waals surface area contributed by atoms with Crippen LogP contribution in [0.3, 0.4) is 0 Å². The number of benzene rings is 3. The van der Waals surface area contributed by atoms with E-state index < -0.39 is 23.5 Å². The lowest BCUT2D eigenvalue weighted by atomic mass is 9.94. The van der Waals surface area contributed by atoms with Crippen molar-refractivity contribution in [3.63, 3.8) is 0 Å². The summed E-state index contributed by atoms with van der Waals surface area (Å²) < 4.78 is 11.0. The normalized spacial score (nSPS) is 16.8. The second-order valence-corrected chi connectivity index (χ2v) is 9.43. The van der Waals surface area contributed by atoms with Gasteiger partial charge >= 0.3 is 0 Å². The highest BCUT2D eigenvalue weighted by molar-refractivity contribution is 6.52. The SMILES string of the molecule is CCOc1cc(C2/C(=C(\O)c3cc(C)cc(Cl)c3OC)C(=O)C(=O)N2c2ccc(Cl)cc2C)ccc1O. The average Bonchev–Trinajstić information content (AvgIpc) is 3.10. The minimum Gasteiger partial charge on any atom is -0.507 e. The van der Waals surface area contributed by atoms with Gasteiger partial charge in [0.05, 0.1) is 35.9 Å². The summed E-state index contributed by atoms with van der Waals surface area (Å²) in [7, 11) is 1.40. The molecule has 1 fully saturated rings. The predicted molar refractivity (Wildman–Crippen MR) is 143 cm³/mol. The third-order valence-electron chi connectivity index (χ3n) is 6.11. The second kappa shape index (κ2) is 10.4. The lowest BCUT2D eigenvalue weighted by molar-refractivity contribution is -0.132. The lowest BCUT2D eigenvalue weighted by Gasteiger charge is -2.27. The first-order chi connectivity index (χ1) is 17.6. The van der Waals surface area contributed by atoms with Crippen molar-refractivity contribution >= 4 is 46.3 Å². The number of hydrogen-bond acceptors (Lipinski definition) is 6. The van der Waals surface area contributed by atoms with E-state index in [-0.39, 0.29) is 40.0 Å². The van der Waals surface area contributed by atoms with E-state index in [1.807, 2.05) is 0 Å². The minimum atomic E-state index is -1.05. The molecule has 0 aliphatic carbocycles. The van der Waals surface area contributed by atoms with E-state index in [2.05, 4.69) is 0 Å². The summed E-state index contributed by atoms with van der Waals surface area (Å²) in [5, 5.41) is 22.5. The Hall–Kier alpha value is -3.68. The predicted octanol–water partition coefficient (Wildman–Crippen LogP) is 6.35. The van der Waals surface area contributed by atoms with Crippen molar-refractivity contribution in [2.24, 2.45) is 0 Å². The Bertz CT molecular complexity index is 1450. The van der Waals surface area contributed by atoms with Gasteiger partial charge in [-0.05, 0) is 79.9 Å². The van der Waals surface area contributed by atoms with Crippen molar-refractivity contribution in [2.75, 3.05) is 18.6 Å². The molecule has 9 heteroatoms. The third kappa shape index (κ3) is 4.72. The zero-order valence-electron chi connectivity index (χ0n) is 20.6. The van der Waals surface area contributed by atoms with Crippen LogP contribution in [0.4, 0.5) is 5.69 Å². The Morgan fingerprint density at radius 1 is 1.05 bits per heavy atom. The van der Waals surface area contributed by atoms with E-state index in [0.717, 1.165) is 5.56 Å². The number of carbonyl (C=O) groups is 2. The Balaban J connectivity index is 2.04. The molecule has 0 radical (unpaired) electrons. The molecule has 37 heavy (non-hydrogen) atoms. The van der Waals surface area contributed by atoms with Crippen LogP contribution < -0.4 is 14.4 Å². The van der Waals surface area contributed by atoms with Crippen molar-refractivity contribution in [3.8, 4) is 17.2 Å². The van der Waals surface area contributed by atoms with E-state index in [4.69, 9.17) is 32.7 Å². The van der Waals surface area contributed by atoms with Gasteiger partial charge in [-0.15, -0.1) is 0 Å². The molecule has 3 aromatic carbocycles. The number of anilines is 1. The van der Waals surface area contributed by atoms with E-state index in [9.17, 15) is 19.8 Å². The Morgan fingerprint density at radius 2 is 1.78 bits per heavy atom. The molecule has 0 bridgehead atoms. The van der Waals surface area contributed by atoms with Crippen LogP contribution >= 0.6 is 23.2 Å². The molecule has 4 rings (SSSR count). The number of hydrogen-bond donors (Lipinski definition) is 2. The summed E-state index contributed by atoms with van der Waals surface area (Å²) in [5.74, 6) is -1.92. The number of phenolic OH excluding ortho intramolecular Hbond substituents is 1. The minimum absolute atomic E-state index is 0.0997. The number of nitrogens with zero attached hydrogens (tertiary/aromatic N) is 1. The number of halogens is 2. The first-order valence-electron chi connectivity index (χ1n) is 11.5. The van der Waals surface area contributed by atoms with Crippen molar-refractivity contribution in [1.82, 2.24) is 0 Å². The second-order valence-electron chi connectivity index (χ2n) is 8.59. The molecule has 1 aliphatic heterocycles. The van der Waals surface area contributed by atoms with Gasteiger partial charge < -0.3 is 19.7 Å². The number of methoxy groups -OCH3 is 1.